The van der Waals surface area contributed by atoms with E-state index in [0.717, 1.165) is 4.47 Å². The van der Waals surface area contributed by atoms with Crippen molar-refractivity contribution in [3.63, 3.8) is 0 Å². The van der Waals surface area contributed by atoms with Gasteiger partial charge in [-0.3, -0.25) is 4.79 Å². The summed E-state index contributed by atoms with van der Waals surface area (Å²) < 4.78 is 0.956. The van der Waals surface area contributed by atoms with Gasteiger partial charge in [-0.25, -0.2) is 0 Å². The SMILES string of the molecule is Nc1sccc1C(=O)c1ccc(Br)cc1. The van der Waals surface area contributed by atoms with Crippen molar-refractivity contribution in [3.05, 3.63) is 51.3 Å². The average molecular weight is 282 g/mol. The van der Waals surface area contributed by atoms with Crippen LogP contribution in [0.15, 0.2) is 40.2 Å². The second kappa shape index (κ2) is 4.16. The van der Waals surface area contributed by atoms with E-state index in [2.05, 4.69) is 15.9 Å². The molecule has 2 aromatic rings. The molecule has 0 saturated heterocycles. The molecule has 2 rings (SSSR count). The van der Waals surface area contributed by atoms with Crippen LogP contribution in [-0.4, -0.2) is 5.78 Å². The quantitative estimate of drug-likeness (QED) is 0.858. The summed E-state index contributed by atoms with van der Waals surface area (Å²) in [4.78, 5) is 12.0. The summed E-state index contributed by atoms with van der Waals surface area (Å²) >= 11 is 4.70. The molecule has 1 aromatic heterocycles. The van der Waals surface area contributed by atoms with Crippen molar-refractivity contribution in [2.75, 3.05) is 5.73 Å². The first-order valence-corrected chi connectivity index (χ1v) is 5.99. The van der Waals surface area contributed by atoms with Crippen LogP contribution >= 0.6 is 27.3 Å². The van der Waals surface area contributed by atoms with Crippen molar-refractivity contribution in [1.82, 2.24) is 0 Å². The van der Waals surface area contributed by atoms with E-state index in [1.165, 1.54) is 11.3 Å². The zero-order valence-corrected chi connectivity index (χ0v) is 10.1. The van der Waals surface area contributed by atoms with Crippen LogP contribution in [0.25, 0.3) is 0 Å². The molecule has 76 valence electrons. The van der Waals surface area contributed by atoms with Gasteiger partial charge in [0.25, 0.3) is 0 Å². The van der Waals surface area contributed by atoms with E-state index in [1.54, 1.807) is 18.2 Å². The van der Waals surface area contributed by atoms with Gasteiger partial charge in [0.05, 0.1) is 10.6 Å². The van der Waals surface area contributed by atoms with Gasteiger partial charge < -0.3 is 5.73 Å². The van der Waals surface area contributed by atoms with Crippen LogP contribution in [0, 0.1) is 0 Å². The first-order valence-electron chi connectivity index (χ1n) is 4.31. The number of halogens is 1. The number of hydrogen-bond acceptors (Lipinski definition) is 3. The molecule has 0 aliphatic carbocycles. The molecule has 0 saturated carbocycles. The molecule has 0 radical (unpaired) electrons. The van der Waals surface area contributed by atoms with Gasteiger partial charge in [-0.05, 0) is 35.7 Å². The standard InChI is InChI=1S/C11H8BrNOS/c12-8-3-1-7(2-4-8)10(14)9-5-6-15-11(9)13/h1-6H,13H2. The zero-order valence-electron chi connectivity index (χ0n) is 7.74. The Morgan fingerprint density at radius 2 is 1.87 bits per heavy atom. The summed E-state index contributed by atoms with van der Waals surface area (Å²) in [7, 11) is 0. The summed E-state index contributed by atoms with van der Waals surface area (Å²) in [6.45, 7) is 0. The number of anilines is 1. The fourth-order valence-corrected chi connectivity index (χ4v) is 2.17. The van der Waals surface area contributed by atoms with E-state index in [-0.39, 0.29) is 5.78 Å². The Morgan fingerprint density at radius 1 is 1.20 bits per heavy atom. The molecular formula is C11H8BrNOS. The largest absolute Gasteiger partial charge is 0.390 e. The third-order valence-electron chi connectivity index (χ3n) is 2.05. The lowest BCUT2D eigenvalue weighted by molar-refractivity contribution is 0.104. The van der Waals surface area contributed by atoms with Gasteiger partial charge in [-0.15, -0.1) is 11.3 Å². The minimum Gasteiger partial charge on any atom is -0.390 e. The summed E-state index contributed by atoms with van der Waals surface area (Å²) in [5.41, 5.74) is 6.94. The zero-order chi connectivity index (χ0) is 10.8. The maximum Gasteiger partial charge on any atom is 0.195 e. The molecule has 2 N–H and O–H groups in total. The van der Waals surface area contributed by atoms with Crippen molar-refractivity contribution in [2.45, 2.75) is 0 Å². The molecule has 2 nitrogen and oxygen atoms in total. The molecule has 0 spiro atoms. The Kier molecular flexibility index (Phi) is 2.88. The number of carbonyl (C=O) groups is 1. The molecule has 0 atom stereocenters. The summed E-state index contributed by atoms with van der Waals surface area (Å²) in [5, 5.41) is 2.39. The molecule has 4 heteroatoms. The first kappa shape index (κ1) is 10.4. The molecule has 1 heterocycles. The number of hydrogen-bond donors (Lipinski definition) is 1. The van der Waals surface area contributed by atoms with Crippen molar-refractivity contribution >= 4 is 38.1 Å². The van der Waals surface area contributed by atoms with Gasteiger partial charge >= 0.3 is 0 Å². The Bertz CT molecular complexity index is 490. The van der Waals surface area contributed by atoms with Crippen LogP contribution in [-0.2, 0) is 0 Å². The Hall–Kier alpha value is -1.13. The van der Waals surface area contributed by atoms with E-state index in [9.17, 15) is 4.79 Å². The third kappa shape index (κ3) is 2.11. The number of nitrogen functional groups attached to an aromatic ring is 1. The summed E-state index contributed by atoms with van der Waals surface area (Å²) in [5.74, 6) is -0.0266. The molecule has 15 heavy (non-hydrogen) atoms. The molecule has 0 unspecified atom stereocenters. The normalized spacial score (nSPS) is 10.2. The van der Waals surface area contributed by atoms with Crippen molar-refractivity contribution in [1.29, 1.82) is 0 Å². The van der Waals surface area contributed by atoms with Gasteiger partial charge in [0, 0.05) is 10.0 Å². The maximum absolute atomic E-state index is 12.0. The van der Waals surface area contributed by atoms with E-state index >= 15 is 0 Å². The maximum atomic E-state index is 12.0. The minimum absolute atomic E-state index is 0.0266. The number of ketones is 1. The van der Waals surface area contributed by atoms with Crippen LogP contribution in [0.1, 0.15) is 15.9 Å². The van der Waals surface area contributed by atoms with Crippen molar-refractivity contribution < 1.29 is 4.79 Å². The first-order chi connectivity index (χ1) is 7.18. The highest BCUT2D eigenvalue weighted by Crippen LogP contribution is 2.22. The van der Waals surface area contributed by atoms with Crippen molar-refractivity contribution in [2.24, 2.45) is 0 Å². The predicted molar refractivity (Wildman–Crippen MR) is 66.3 cm³/mol. The summed E-state index contributed by atoms with van der Waals surface area (Å²) in [6, 6.07) is 9.00. The number of rotatable bonds is 2. The second-order valence-electron chi connectivity index (χ2n) is 3.03. The Morgan fingerprint density at radius 3 is 2.40 bits per heavy atom. The predicted octanol–water partition coefficient (Wildman–Crippen LogP) is 3.32. The lowest BCUT2D eigenvalue weighted by Gasteiger charge is -1.99. The molecule has 0 aliphatic rings. The smallest absolute Gasteiger partial charge is 0.195 e. The van der Waals surface area contributed by atoms with E-state index in [4.69, 9.17) is 5.73 Å². The highest BCUT2D eigenvalue weighted by molar-refractivity contribution is 9.10. The average Bonchev–Trinajstić information content (AvgIpc) is 2.65. The molecule has 0 fully saturated rings. The third-order valence-corrected chi connectivity index (χ3v) is 3.32. The highest BCUT2D eigenvalue weighted by Gasteiger charge is 2.12. The minimum atomic E-state index is -0.0266. The van der Waals surface area contributed by atoms with Gasteiger partial charge in [-0.1, -0.05) is 15.9 Å². The number of carbonyl (C=O) groups excluding carboxylic acids is 1. The number of nitrogens with two attached hydrogens (primary N) is 1. The number of benzene rings is 1. The lowest BCUT2D eigenvalue weighted by Crippen LogP contribution is -2.02. The van der Waals surface area contributed by atoms with E-state index in [1.807, 2.05) is 17.5 Å². The second-order valence-corrected chi connectivity index (χ2v) is 4.90. The van der Waals surface area contributed by atoms with E-state index in [0.29, 0.717) is 16.1 Å². The van der Waals surface area contributed by atoms with Gasteiger partial charge in [0.15, 0.2) is 5.78 Å². The monoisotopic (exact) mass is 281 g/mol. The molecule has 0 amide bonds. The highest BCUT2D eigenvalue weighted by atomic mass is 79.9. The fraction of sp³-hybridized carbons (Fsp3) is 0. The van der Waals surface area contributed by atoms with Gasteiger partial charge in [0.2, 0.25) is 0 Å². The van der Waals surface area contributed by atoms with Crippen LogP contribution in [0.3, 0.4) is 0 Å². The topological polar surface area (TPSA) is 43.1 Å². The van der Waals surface area contributed by atoms with Crippen LogP contribution in [0.5, 0.6) is 0 Å². The van der Waals surface area contributed by atoms with Gasteiger partial charge in [0.1, 0.15) is 0 Å². The Balaban J connectivity index is 2.37. The van der Waals surface area contributed by atoms with Crippen molar-refractivity contribution in [3.8, 4) is 0 Å². The molecule has 0 bridgehead atoms. The van der Waals surface area contributed by atoms with Gasteiger partial charge in [-0.2, -0.15) is 0 Å². The van der Waals surface area contributed by atoms with Crippen LogP contribution in [0.4, 0.5) is 5.00 Å². The summed E-state index contributed by atoms with van der Waals surface area (Å²) in [6.07, 6.45) is 0. The lowest BCUT2D eigenvalue weighted by atomic mass is 10.1. The van der Waals surface area contributed by atoms with Crippen LogP contribution < -0.4 is 5.73 Å². The molecule has 1 aromatic carbocycles. The fourth-order valence-electron chi connectivity index (χ4n) is 1.27. The molecule has 0 aliphatic heterocycles. The molecular weight excluding hydrogens is 274 g/mol. The number of thiophene rings is 1. The Labute approximate surface area is 99.9 Å². The van der Waals surface area contributed by atoms with E-state index < -0.39 is 0 Å². The van der Waals surface area contributed by atoms with Crippen LogP contribution in [0.2, 0.25) is 0 Å².